The van der Waals surface area contributed by atoms with E-state index in [0.717, 1.165) is 5.46 Å². The van der Waals surface area contributed by atoms with Gasteiger partial charge in [-0.15, -0.1) is 0 Å². The molecule has 0 aliphatic rings. The van der Waals surface area contributed by atoms with E-state index < -0.39 is 5.97 Å². The first kappa shape index (κ1) is 11.4. The van der Waals surface area contributed by atoms with E-state index in [-0.39, 0.29) is 6.42 Å². The third kappa shape index (κ3) is 2.65. The van der Waals surface area contributed by atoms with E-state index in [4.69, 9.17) is 14.6 Å². The Kier molecular flexibility index (Phi) is 3.60. The number of carboxylic acids is 1. The summed E-state index contributed by atoms with van der Waals surface area (Å²) in [5, 5.41) is 8.74. The van der Waals surface area contributed by atoms with Crippen LogP contribution in [0.1, 0.15) is 5.56 Å². The molecule has 0 aromatic heterocycles. The van der Waals surface area contributed by atoms with E-state index in [1.54, 1.807) is 13.2 Å². The normalized spacial score (nSPS) is 9.73. The summed E-state index contributed by atoms with van der Waals surface area (Å²) in [6, 6.07) is 3.49. The second-order valence-electron chi connectivity index (χ2n) is 3.21. The largest absolute Gasteiger partial charge is 0.497 e. The van der Waals surface area contributed by atoms with Gasteiger partial charge < -0.3 is 14.6 Å². The Hall–Kier alpha value is -1.65. The summed E-state index contributed by atoms with van der Waals surface area (Å²) in [5.74, 6) is 0.365. The molecule has 1 aromatic carbocycles. The molecule has 1 aromatic rings. The molecule has 0 bridgehead atoms. The van der Waals surface area contributed by atoms with Crippen LogP contribution in [0.3, 0.4) is 0 Å². The van der Waals surface area contributed by atoms with Crippen molar-refractivity contribution in [1.29, 1.82) is 0 Å². The topological polar surface area (TPSA) is 55.8 Å². The molecule has 0 aliphatic heterocycles. The van der Waals surface area contributed by atoms with Gasteiger partial charge in [0.1, 0.15) is 19.3 Å². The summed E-state index contributed by atoms with van der Waals surface area (Å²) in [7, 11) is 4.93. The minimum absolute atomic E-state index is 0.0682. The molecule has 0 unspecified atom stereocenters. The standard InChI is InChI=1S/C10H13BO4/c1-14-7-3-6(4-9(12)13)10(15-2)8(11)5-7/h3,5H,4,11H2,1-2H3,(H,12,13). The van der Waals surface area contributed by atoms with Gasteiger partial charge in [-0.05, 0) is 17.6 Å². The van der Waals surface area contributed by atoms with Crippen molar-refractivity contribution in [2.24, 2.45) is 0 Å². The molecule has 0 heterocycles. The van der Waals surface area contributed by atoms with Crippen LogP contribution in [-0.4, -0.2) is 33.1 Å². The van der Waals surface area contributed by atoms with Gasteiger partial charge in [0.2, 0.25) is 0 Å². The van der Waals surface area contributed by atoms with Crippen molar-refractivity contribution in [3.63, 3.8) is 0 Å². The lowest BCUT2D eigenvalue weighted by Gasteiger charge is -2.12. The zero-order valence-corrected chi connectivity index (χ0v) is 9.03. The molecule has 4 nitrogen and oxygen atoms in total. The maximum Gasteiger partial charge on any atom is 0.307 e. The third-order valence-corrected chi connectivity index (χ3v) is 2.11. The number of rotatable bonds is 4. The lowest BCUT2D eigenvalue weighted by Crippen LogP contribution is -2.13. The molecular formula is C10H13BO4. The lowest BCUT2D eigenvalue weighted by atomic mass is 9.91. The fourth-order valence-electron chi connectivity index (χ4n) is 1.52. The Morgan fingerprint density at radius 2 is 2.07 bits per heavy atom. The van der Waals surface area contributed by atoms with Gasteiger partial charge in [0.15, 0.2) is 0 Å². The Bertz CT molecular complexity index is 376. The first-order valence-corrected chi connectivity index (χ1v) is 4.51. The fourth-order valence-corrected chi connectivity index (χ4v) is 1.52. The van der Waals surface area contributed by atoms with Gasteiger partial charge >= 0.3 is 5.97 Å². The Balaban J connectivity index is 3.19. The van der Waals surface area contributed by atoms with Gasteiger partial charge in [-0.25, -0.2) is 0 Å². The highest BCUT2D eigenvalue weighted by Crippen LogP contribution is 2.21. The second-order valence-corrected chi connectivity index (χ2v) is 3.21. The van der Waals surface area contributed by atoms with Crippen molar-refractivity contribution in [2.45, 2.75) is 6.42 Å². The summed E-state index contributed by atoms with van der Waals surface area (Å²) in [5.41, 5.74) is 1.50. The smallest absolute Gasteiger partial charge is 0.307 e. The summed E-state index contributed by atoms with van der Waals surface area (Å²) < 4.78 is 10.2. The van der Waals surface area contributed by atoms with Crippen LogP contribution >= 0.6 is 0 Å². The molecule has 0 spiro atoms. The fraction of sp³-hybridized carbons (Fsp3) is 0.300. The molecule has 1 N–H and O–H groups in total. The zero-order chi connectivity index (χ0) is 11.4. The first-order valence-electron chi connectivity index (χ1n) is 4.51. The van der Waals surface area contributed by atoms with E-state index in [9.17, 15) is 4.79 Å². The van der Waals surface area contributed by atoms with Crippen molar-refractivity contribution < 1.29 is 19.4 Å². The molecule has 0 saturated heterocycles. The van der Waals surface area contributed by atoms with E-state index in [1.807, 2.05) is 13.9 Å². The van der Waals surface area contributed by atoms with Crippen molar-refractivity contribution in [2.75, 3.05) is 14.2 Å². The Labute approximate surface area is 89.2 Å². The number of carboxylic acid groups (broad SMARTS) is 1. The SMILES string of the molecule is Bc1cc(OC)cc(CC(=O)O)c1OC. The van der Waals surface area contributed by atoms with Crippen LogP contribution in [0.25, 0.3) is 0 Å². The predicted octanol–water partition coefficient (Wildman–Crippen LogP) is -0.411. The highest BCUT2D eigenvalue weighted by atomic mass is 16.5. The highest BCUT2D eigenvalue weighted by Gasteiger charge is 2.11. The number of methoxy groups -OCH3 is 2. The minimum Gasteiger partial charge on any atom is -0.497 e. The van der Waals surface area contributed by atoms with Gasteiger partial charge in [-0.3, -0.25) is 4.79 Å². The number of carbonyl (C=O) groups is 1. The maximum absolute atomic E-state index is 10.7. The van der Waals surface area contributed by atoms with Crippen LogP contribution in [0.5, 0.6) is 11.5 Å². The van der Waals surface area contributed by atoms with Crippen molar-refractivity contribution in [3.05, 3.63) is 17.7 Å². The molecule has 0 fully saturated rings. The quantitative estimate of drug-likeness (QED) is 0.683. The number of hydrogen-bond donors (Lipinski definition) is 1. The average molecular weight is 208 g/mol. The highest BCUT2D eigenvalue weighted by molar-refractivity contribution is 6.34. The van der Waals surface area contributed by atoms with Gasteiger partial charge in [0.05, 0.1) is 20.6 Å². The van der Waals surface area contributed by atoms with Crippen molar-refractivity contribution in [3.8, 4) is 11.5 Å². The molecule has 80 valence electrons. The zero-order valence-electron chi connectivity index (χ0n) is 9.03. The molecule has 0 radical (unpaired) electrons. The molecule has 0 amide bonds. The van der Waals surface area contributed by atoms with Gasteiger partial charge in [-0.1, -0.05) is 0 Å². The summed E-state index contributed by atoms with van der Waals surface area (Å²) in [6.07, 6.45) is -0.0682. The summed E-state index contributed by atoms with van der Waals surface area (Å²) in [6.45, 7) is 0. The number of aliphatic carboxylic acids is 1. The van der Waals surface area contributed by atoms with Gasteiger partial charge in [0, 0.05) is 5.56 Å². The van der Waals surface area contributed by atoms with Crippen LogP contribution in [0.2, 0.25) is 0 Å². The maximum atomic E-state index is 10.7. The van der Waals surface area contributed by atoms with E-state index >= 15 is 0 Å². The first-order chi connectivity index (χ1) is 7.08. The van der Waals surface area contributed by atoms with Crippen LogP contribution in [0, 0.1) is 0 Å². The summed E-state index contributed by atoms with van der Waals surface area (Å²) >= 11 is 0. The molecule has 0 aliphatic carbocycles. The van der Waals surface area contributed by atoms with Crippen LogP contribution in [-0.2, 0) is 11.2 Å². The number of hydrogen-bond acceptors (Lipinski definition) is 3. The molecule has 5 heteroatoms. The Morgan fingerprint density at radius 1 is 1.40 bits per heavy atom. The molecular weight excluding hydrogens is 195 g/mol. The molecule has 15 heavy (non-hydrogen) atoms. The van der Waals surface area contributed by atoms with Crippen molar-refractivity contribution >= 4 is 19.3 Å². The van der Waals surface area contributed by atoms with Gasteiger partial charge in [0.25, 0.3) is 0 Å². The number of ether oxygens (including phenoxy) is 2. The van der Waals surface area contributed by atoms with Gasteiger partial charge in [-0.2, -0.15) is 0 Å². The predicted molar refractivity (Wildman–Crippen MR) is 59.1 cm³/mol. The van der Waals surface area contributed by atoms with Crippen molar-refractivity contribution in [1.82, 2.24) is 0 Å². The Morgan fingerprint density at radius 3 is 2.53 bits per heavy atom. The molecule has 0 atom stereocenters. The van der Waals surface area contributed by atoms with Crippen LogP contribution in [0.4, 0.5) is 0 Å². The molecule has 1 rings (SSSR count). The third-order valence-electron chi connectivity index (χ3n) is 2.11. The van der Waals surface area contributed by atoms with Crippen LogP contribution < -0.4 is 14.9 Å². The minimum atomic E-state index is -0.888. The lowest BCUT2D eigenvalue weighted by molar-refractivity contribution is -0.136. The van der Waals surface area contributed by atoms with Crippen LogP contribution in [0.15, 0.2) is 12.1 Å². The van der Waals surface area contributed by atoms with E-state index in [0.29, 0.717) is 17.1 Å². The monoisotopic (exact) mass is 208 g/mol. The molecule has 0 saturated carbocycles. The van der Waals surface area contributed by atoms with E-state index in [2.05, 4.69) is 0 Å². The summed E-state index contributed by atoms with van der Waals surface area (Å²) in [4.78, 5) is 10.7. The average Bonchev–Trinajstić information content (AvgIpc) is 2.16. The second kappa shape index (κ2) is 4.73. The van der Waals surface area contributed by atoms with E-state index in [1.165, 1.54) is 7.11 Å². The number of benzene rings is 1.